The van der Waals surface area contributed by atoms with Crippen molar-refractivity contribution in [2.45, 2.75) is 83.0 Å². The molecule has 0 radical (unpaired) electrons. The van der Waals surface area contributed by atoms with Crippen LogP contribution in [0.5, 0.6) is 0 Å². The number of amides is 2. The van der Waals surface area contributed by atoms with Gasteiger partial charge in [0.2, 0.25) is 5.91 Å². The van der Waals surface area contributed by atoms with Gasteiger partial charge in [0.25, 0.3) is 5.91 Å². The number of benzene rings is 1. The van der Waals surface area contributed by atoms with Gasteiger partial charge in [-0.15, -0.1) is 0 Å². The Morgan fingerprint density at radius 1 is 1.00 bits per heavy atom. The van der Waals surface area contributed by atoms with Gasteiger partial charge in [-0.3, -0.25) is 14.4 Å². The van der Waals surface area contributed by atoms with E-state index in [-0.39, 0.29) is 18.4 Å². The summed E-state index contributed by atoms with van der Waals surface area (Å²) in [5, 5.41) is 9.18. The van der Waals surface area contributed by atoms with Crippen LogP contribution in [0.2, 0.25) is 0 Å². The topological polar surface area (TPSA) is 96.4 Å². The van der Waals surface area contributed by atoms with Gasteiger partial charge >= 0.3 is 5.97 Å². The highest BCUT2D eigenvalue weighted by Crippen LogP contribution is 2.58. The molecule has 4 heterocycles. The summed E-state index contributed by atoms with van der Waals surface area (Å²) in [6.07, 6.45) is 12.8. The number of carbonyl (C=O) groups excluding carboxylic acids is 3. The van der Waals surface area contributed by atoms with Crippen molar-refractivity contribution in [3.63, 3.8) is 0 Å². The summed E-state index contributed by atoms with van der Waals surface area (Å²) in [5.41, 5.74) is 0.514. The molecule has 1 aromatic carbocycles. The Hall–Kier alpha value is -2.97. The average Bonchev–Trinajstić information content (AvgIpc) is 3.31. The van der Waals surface area contributed by atoms with Crippen LogP contribution in [0.3, 0.4) is 0 Å². The Kier molecular flexibility index (Phi) is 8.20. The van der Waals surface area contributed by atoms with Gasteiger partial charge in [0.1, 0.15) is 23.2 Å². The minimum Gasteiger partial charge on any atom is -0.465 e. The monoisotopic (exact) mass is 550 g/mol. The lowest BCUT2D eigenvalue weighted by molar-refractivity contribution is -0.159. The Morgan fingerprint density at radius 2 is 1.80 bits per heavy atom. The van der Waals surface area contributed by atoms with Crippen LogP contribution in [-0.2, 0) is 23.9 Å². The van der Waals surface area contributed by atoms with Gasteiger partial charge < -0.3 is 24.4 Å². The highest BCUT2D eigenvalue weighted by Gasteiger charge is 2.75. The molecule has 0 bridgehead atoms. The molecule has 1 N–H and O–H groups in total. The zero-order chi connectivity index (χ0) is 28.5. The van der Waals surface area contributed by atoms with Crippen LogP contribution in [0, 0.1) is 25.7 Å². The molecule has 8 nitrogen and oxygen atoms in total. The molecule has 5 atom stereocenters. The third-order valence-corrected chi connectivity index (χ3v) is 9.10. The van der Waals surface area contributed by atoms with Crippen molar-refractivity contribution in [1.82, 2.24) is 4.90 Å². The number of aliphatic hydroxyl groups excluding tert-OH is 1. The van der Waals surface area contributed by atoms with Gasteiger partial charge in [-0.05, 0) is 63.1 Å². The maximum Gasteiger partial charge on any atom is 0.313 e. The lowest BCUT2D eigenvalue weighted by Gasteiger charge is -2.38. The second kappa shape index (κ2) is 11.5. The molecule has 4 aliphatic heterocycles. The first-order valence-electron chi connectivity index (χ1n) is 14.8. The highest BCUT2D eigenvalue weighted by molar-refractivity contribution is 6.06. The number of carbonyl (C=O) groups is 3. The lowest BCUT2D eigenvalue weighted by Crippen LogP contribution is -2.56. The molecule has 5 rings (SSSR count). The fourth-order valence-electron chi connectivity index (χ4n) is 7.09. The number of hydrogen-bond acceptors (Lipinski definition) is 6. The van der Waals surface area contributed by atoms with Gasteiger partial charge in [-0.2, -0.15) is 0 Å². The van der Waals surface area contributed by atoms with Crippen molar-refractivity contribution in [1.29, 1.82) is 0 Å². The molecule has 2 fully saturated rings. The number of nitrogens with zero attached hydrogens (tertiary/aromatic N) is 2. The first-order chi connectivity index (χ1) is 19.3. The minimum atomic E-state index is -1.28. The standard InChI is InChI=1S/C32H42N2O6/c1-4-31-15-8-7-11-20-39-30(38)26(31)25-28(36)34(17-9-5-6-10-19-35)27-29(37)33(18-12-16-32(25,27)40-31)24-21-22(2)13-14-23(24)3/h8,12-16,21,25-27,35H,4-7,9-11,17-20H2,1-3H3/b15-8-/t25-,26+,27?,31-,32-/m0/s1. The van der Waals surface area contributed by atoms with Crippen LogP contribution in [0.15, 0.2) is 42.5 Å². The van der Waals surface area contributed by atoms with Crippen molar-refractivity contribution in [2.75, 3.05) is 31.2 Å². The molecule has 0 aliphatic carbocycles. The number of fused-ring (bicyclic) bond motifs is 2. The van der Waals surface area contributed by atoms with E-state index in [2.05, 4.69) is 0 Å². The van der Waals surface area contributed by atoms with E-state index < -0.39 is 35.0 Å². The second-order valence-corrected chi connectivity index (χ2v) is 11.6. The lowest BCUT2D eigenvalue weighted by atomic mass is 9.73. The molecular weight excluding hydrogens is 508 g/mol. The van der Waals surface area contributed by atoms with E-state index >= 15 is 0 Å². The Morgan fingerprint density at radius 3 is 2.58 bits per heavy atom. The van der Waals surface area contributed by atoms with E-state index in [1.54, 1.807) is 9.80 Å². The fourth-order valence-corrected chi connectivity index (χ4v) is 7.09. The van der Waals surface area contributed by atoms with Crippen molar-refractivity contribution < 1.29 is 29.0 Å². The number of aryl methyl sites for hydroxylation is 2. The summed E-state index contributed by atoms with van der Waals surface area (Å²) >= 11 is 0. The number of allylic oxidation sites excluding steroid dienone is 1. The number of hydrogen-bond donors (Lipinski definition) is 1. The van der Waals surface area contributed by atoms with Gasteiger partial charge in [-0.1, -0.05) is 56.2 Å². The number of esters is 1. The first kappa shape index (κ1) is 28.6. The Balaban J connectivity index is 1.61. The molecule has 1 aromatic rings. The quantitative estimate of drug-likeness (QED) is 0.299. The molecule has 4 aliphatic rings. The number of aliphatic hydroxyl groups is 1. The summed E-state index contributed by atoms with van der Waals surface area (Å²) in [5.74, 6) is -2.55. The van der Waals surface area contributed by atoms with E-state index in [4.69, 9.17) is 9.47 Å². The van der Waals surface area contributed by atoms with Gasteiger partial charge in [0.05, 0.1) is 12.5 Å². The zero-order valence-electron chi connectivity index (χ0n) is 23.9. The summed E-state index contributed by atoms with van der Waals surface area (Å²) in [4.78, 5) is 46.1. The van der Waals surface area contributed by atoms with E-state index in [0.29, 0.717) is 45.4 Å². The molecule has 40 heavy (non-hydrogen) atoms. The normalized spacial score (nSPS) is 32.5. The van der Waals surface area contributed by atoms with E-state index in [0.717, 1.165) is 36.1 Å². The smallest absolute Gasteiger partial charge is 0.313 e. The number of likely N-dealkylation sites (tertiary alicyclic amines) is 1. The molecule has 2 saturated heterocycles. The maximum absolute atomic E-state index is 14.6. The third kappa shape index (κ3) is 4.69. The number of ether oxygens (including phenoxy) is 2. The van der Waals surface area contributed by atoms with Crippen molar-refractivity contribution >= 4 is 23.5 Å². The van der Waals surface area contributed by atoms with Gasteiger partial charge in [0, 0.05) is 25.4 Å². The molecule has 216 valence electrons. The summed E-state index contributed by atoms with van der Waals surface area (Å²) < 4.78 is 12.7. The van der Waals surface area contributed by atoms with Crippen LogP contribution in [0.25, 0.3) is 0 Å². The summed E-state index contributed by atoms with van der Waals surface area (Å²) in [6, 6.07) is 5.14. The molecule has 1 unspecified atom stereocenters. The number of unbranched alkanes of at least 4 members (excludes halogenated alkanes) is 3. The van der Waals surface area contributed by atoms with Crippen molar-refractivity contribution in [2.24, 2.45) is 11.8 Å². The van der Waals surface area contributed by atoms with Crippen molar-refractivity contribution in [3.8, 4) is 0 Å². The van der Waals surface area contributed by atoms with E-state index in [1.807, 2.05) is 63.3 Å². The van der Waals surface area contributed by atoms with Crippen LogP contribution >= 0.6 is 0 Å². The molecule has 1 spiro atoms. The molecule has 0 aromatic heterocycles. The average molecular weight is 551 g/mol. The zero-order valence-corrected chi connectivity index (χ0v) is 23.9. The number of rotatable bonds is 8. The van der Waals surface area contributed by atoms with Crippen molar-refractivity contribution in [3.05, 3.63) is 53.6 Å². The van der Waals surface area contributed by atoms with Gasteiger partial charge in [-0.25, -0.2) is 0 Å². The summed E-state index contributed by atoms with van der Waals surface area (Å²) in [6.45, 7) is 7.10. The summed E-state index contributed by atoms with van der Waals surface area (Å²) in [7, 11) is 0. The maximum atomic E-state index is 14.6. The number of anilines is 1. The minimum absolute atomic E-state index is 0.134. The second-order valence-electron chi connectivity index (χ2n) is 11.6. The SMILES string of the molecule is CC[C@]12/C=C\CCCOC(=O)[C@H]1[C@H]1C(=O)N(CCCCCCO)C3C(=O)N(c4cc(C)ccc4C)CC=C[C@@]31O2. The molecule has 0 saturated carbocycles. The van der Waals surface area contributed by atoms with Crippen LogP contribution in [0.4, 0.5) is 5.69 Å². The number of cyclic esters (lactones) is 1. The highest BCUT2D eigenvalue weighted by atomic mass is 16.6. The Labute approximate surface area is 237 Å². The first-order valence-corrected chi connectivity index (χ1v) is 14.8. The van der Waals surface area contributed by atoms with Crippen LogP contribution < -0.4 is 4.90 Å². The van der Waals surface area contributed by atoms with Crippen LogP contribution in [-0.4, -0.2) is 71.3 Å². The molecule has 2 amide bonds. The third-order valence-electron chi connectivity index (χ3n) is 9.10. The predicted octanol–water partition coefficient (Wildman–Crippen LogP) is 4.01. The fraction of sp³-hybridized carbons (Fsp3) is 0.594. The largest absolute Gasteiger partial charge is 0.465 e. The van der Waals surface area contributed by atoms with Gasteiger partial charge in [0.15, 0.2) is 0 Å². The van der Waals surface area contributed by atoms with E-state index in [9.17, 15) is 19.5 Å². The van der Waals surface area contributed by atoms with E-state index in [1.165, 1.54) is 0 Å². The Bertz CT molecular complexity index is 1210. The predicted molar refractivity (Wildman–Crippen MR) is 152 cm³/mol. The molecule has 8 heteroatoms. The van der Waals surface area contributed by atoms with Crippen LogP contribution in [0.1, 0.15) is 63.0 Å². The molecular formula is C32H42N2O6.